The number of benzene rings is 2. The number of rotatable bonds is 4. The Bertz CT molecular complexity index is 568. The van der Waals surface area contributed by atoms with Crippen LogP contribution in [0.1, 0.15) is 29.0 Å². The van der Waals surface area contributed by atoms with Gasteiger partial charge in [-0.1, -0.05) is 29.8 Å². The third kappa shape index (κ3) is 3.27. The maximum atomic E-state index is 13.3. The molecule has 0 saturated heterocycles. The Hall–Kier alpha value is -1.54. The Labute approximate surface area is 118 Å². The fraction of sp³-hybridized carbons (Fsp3) is 0.250. The lowest BCUT2D eigenvalue weighted by Crippen LogP contribution is -2.01. The van der Waals surface area contributed by atoms with Crippen LogP contribution in [0.25, 0.3) is 0 Å². The van der Waals surface area contributed by atoms with E-state index in [4.69, 9.17) is 16.3 Å². The smallest absolute Gasteiger partial charge is 0.124 e. The summed E-state index contributed by atoms with van der Waals surface area (Å²) in [4.78, 5) is 0. The van der Waals surface area contributed by atoms with Crippen LogP contribution in [0.3, 0.4) is 0 Å². The summed E-state index contributed by atoms with van der Waals surface area (Å²) >= 11 is 6.47. The molecule has 2 rings (SSSR count). The number of halogens is 2. The minimum atomic E-state index is -0.419. The standard InChI is InChI=1S/C16H16ClFO/c1-3-19-15-8-7-11(2)9-14(15)16(17)12-5-4-6-13(18)10-12/h4-10,16H,3H2,1-2H3. The van der Waals surface area contributed by atoms with E-state index < -0.39 is 5.38 Å². The van der Waals surface area contributed by atoms with Gasteiger partial charge in [-0.15, -0.1) is 11.6 Å². The van der Waals surface area contributed by atoms with E-state index in [1.165, 1.54) is 12.1 Å². The van der Waals surface area contributed by atoms with Crippen LogP contribution in [0.15, 0.2) is 42.5 Å². The van der Waals surface area contributed by atoms with Gasteiger partial charge in [0.2, 0.25) is 0 Å². The number of ether oxygens (including phenoxy) is 1. The molecule has 0 aliphatic heterocycles. The molecule has 100 valence electrons. The highest BCUT2D eigenvalue weighted by atomic mass is 35.5. The van der Waals surface area contributed by atoms with Gasteiger partial charge < -0.3 is 4.74 Å². The first-order chi connectivity index (χ1) is 9.11. The molecule has 0 aliphatic rings. The van der Waals surface area contributed by atoms with Crippen molar-refractivity contribution >= 4 is 11.6 Å². The van der Waals surface area contributed by atoms with Gasteiger partial charge in [0, 0.05) is 5.56 Å². The van der Waals surface area contributed by atoms with Crippen molar-refractivity contribution in [2.45, 2.75) is 19.2 Å². The first-order valence-corrected chi connectivity index (χ1v) is 6.68. The van der Waals surface area contributed by atoms with Gasteiger partial charge >= 0.3 is 0 Å². The van der Waals surface area contributed by atoms with Crippen LogP contribution in [0, 0.1) is 12.7 Å². The van der Waals surface area contributed by atoms with Crippen molar-refractivity contribution in [3.63, 3.8) is 0 Å². The molecule has 0 N–H and O–H groups in total. The normalized spacial score (nSPS) is 12.2. The average Bonchev–Trinajstić information content (AvgIpc) is 2.40. The second-order valence-corrected chi connectivity index (χ2v) is 4.83. The van der Waals surface area contributed by atoms with E-state index in [1.54, 1.807) is 6.07 Å². The first-order valence-electron chi connectivity index (χ1n) is 6.24. The highest BCUT2D eigenvalue weighted by molar-refractivity contribution is 6.22. The molecular weight excluding hydrogens is 263 g/mol. The van der Waals surface area contributed by atoms with E-state index in [2.05, 4.69) is 0 Å². The van der Waals surface area contributed by atoms with Gasteiger partial charge in [0.1, 0.15) is 11.6 Å². The Kier molecular flexibility index (Phi) is 4.43. The lowest BCUT2D eigenvalue weighted by molar-refractivity contribution is 0.337. The van der Waals surface area contributed by atoms with Crippen LogP contribution in [-0.2, 0) is 0 Å². The minimum Gasteiger partial charge on any atom is -0.494 e. The van der Waals surface area contributed by atoms with E-state index >= 15 is 0 Å². The fourth-order valence-electron chi connectivity index (χ4n) is 2.00. The summed E-state index contributed by atoms with van der Waals surface area (Å²) < 4.78 is 18.9. The Morgan fingerprint density at radius 2 is 2.00 bits per heavy atom. The average molecular weight is 279 g/mol. The van der Waals surface area contributed by atoms with E-state index in [1.807, 2.05) is 38.1 Å². The molecule has 1 atom stereocenters. The quantitative estimate of drug-likeness (QED) is 0.726. The number of hydrogen-bond donors (Lipinski definition) is 0. The predicted molar refractivity (Wildman–Crippen MR) is 76.4 cm³/mol. The summed E-state index contributed by atoms with van der Waals surface area (Å²) in [6.07, 6.45) is 0. The van der Waals surface area contributed by atoms with Crippen LogP contribution in [0.4, 0.5) is 4.39 Å². The molecular formula is C16H16ClFO. The van der Waals surface area contributed by atoms with Gasteiger partial charge in [0.15, 0.2) is 0 Å². The van der Waals surface area contributed by atoms with Crippen LogP contribution in [0.2, 0.25) is 0 Å². The molecule has 0 aliphatic carbocycles. The Morgan fingerprint density at radius 3 is 2.68 bits per heavy atom. The van der Waals surface area contributed by atoms with Gasteiger partial charge in [0.05, 0.1) is 12.0 Å². The molecule has 0 heterocycles. The fourth-order valence-corrected chi connectivity index (χ4v) is 2.30. The molecule has 3 heteroatoms. The van der Waals surface area contributed by atoms with Crippen LogP contribution < -0.4 is 4.74 Å². The van der Waals surface area contributed by atoms with Gasteiger partial charge in [-0.3, -0.25) is 0 Å². The van der Waals surface area contributed by atoms with Crippen molar-refractivity contribution < 1.29 is 9.13 Å². The van der Waals surface area contributed by atoms with Crippen molar-refractivity contribution in [3.05, 3.63) is 65.0 Å². The van der Waals surface area contributed by atoms with Crippen LogP contribution in [-0.4, -0.2) is 6.61 Å². The molecule has 1 unspecified atom stereocenters. The maximum absolute atomic E-state index is 13.3. The Morgan fingerprint density at radius 1 is 1.21 bits per heavy atom. The summed E-state index contributed by atoms with van der Waals surface area (Å²) in [5.41, 5.74) is 2.70. The maximum Gasteiger partial charge on any atom is 0.124 e. The molecule has 0 spiro atoms. The molecule has 0 fully saturated rings. The molecule has 0 bridgehead atoms. The van der Waals surface area contributed by atoms with Crippen molar-refractivity contribution in [1.82, 2.24) is 0 Å². The van der Waals surface area contributed by atoms with Crippen molar-refractivity contribution in [1.29, 1.82) is 0 Å². The summed E-state index contributed by atoms with van der Waals surface area (Å²) in [6.45, 7) is 4.49. The molecule has 0 amide bonds. The summed E-state index contributed by atoms with van der Waals surface area (Å²) in [7, 11) is 0. The minimum absolute atomic E-state index is 0.284. The Balaban J connectivity index is 2.42. The topological polar surface area (TPSA) is 9.23 Å². The highest BCUT2D eigenvalue weighted by Crippen LogP contribution is 2.35. The second kappa shape index (κ2) is 6.07. The van der Waals surface area contributed by atoms with Gasteiger partial charge in [-0.05, 0) is 37.6 Å². The third-order valence-electron chi connectivity index (χ3n) is 2.88. The lowest BCUT2D eigenvalue weighted by atomic mass is 10.0. The SMILES string of the molecule is CCOc1ccc(C)cc1C(Cl)c1cccc(F)c1. The van der Waals surface area contributed by atoms with E-state index in [0.717, 1.165) is 22.4 Å². The molecule has 1 nitrogen and oxygen atoms in total. The van der Waals surface area contributed by atoms with E-state index in [9.17, 15) is 4.39 Å². The molecule has 2 aromatic rings. The molecule has 2 aromatic carbocycles. The number of hydrogen-bond acceptors (Lipinski definition) is 1. The zero-order valence-corrected chi connectivity index (χ0v) is 11.7. The van der Waals surface area contributed by atoms with E-state index in [0.29, 0.717) is 6.61 Å². The van der Waals surface area contributed by atoms with Gasteiger partial charge in [0.25, 0.3) is 0 Å². The summed E-state index contributed by atoms with van der Waals surface area (Å²) in [6, 6.07) is 12.2. The largest absolute Gasteiger partial charge is 0.494 e. The van der Waals surface area contributed by atoms with Crippen molar-refractivity contribution in [2.24, 2.45) is 0 Å². The predicted octanol–water partition coefficient (Wildman–Crippen LogP) is 4.86. The lowest BCUT2D eigenvalue weighted by Gasteiger charge is -2.16. The number of alkyl halides is 1. The van der Waals surface area contributed by atoms with Crippen molar-refractivity contribution in [3.8, 4) is 5.75 Å². The zero-order valence-electron chi connectivity index (χ0n) is 11.0. The molecule has 0 saturated carbocycles. The van der Waals surface area contributed by atoms with E-state index in [-0.39, 0.29) is 5.82 Å². The van der Waals surface area contributed by atoms with Gasteiger partial charge in [-0.2, -0.15) is 0 Å². The summed E-state index contributed by atoms with van der Waals surface area (Å²) in [5.74, 6) is 0.464. The highest BCUT2D eigenvalue weighted by Gasteiger charge is 2.16. The summed E-state index contributed by atoms with van der Waals surface area (Å²) in [5, 5.41) is -0.419. The first kappa shape index (κ1) is 13.9. The van der Waals surface area contributed by atoms with Crippen LogP contribution >= 0.6 is 11.6 Å². The second-order valence-electron chi connectivity index (χ2n) is 4.39. The zero-order chi connectivity index (χ0) is 13.8. The monoisotopic (exact) mass is 278 g/mol. The molecule has 19 heavy (non-hydrogen) atoms. The molecule has 0 aromatic heterocycles. The van der Waals surface area contributed by atoms with Crippen molar-refractivity contribution in [2.75, 3.05) is 6.61 Å². The van der Waals surface area contributed by atoms with Crippen LogP contribution in [0.5, 0.6) is 5.75 Å². The van der Waals surface area contributed by atoms with Gasteiger partial charge in [-0.25, -0.2) is 4.39 Å². The number of aryl methyl sites for hydroxylation is 1. The molecule has 0 radical (unpaired) electrons. The third-order valence-corrected chi connectivity index (χ3v) is 3.37.